The molecule has 133 valence electrons. The van der Waals surface area contributed by atoms with Gasteiger partial charge in [-0.1, -0.05) is 108 Å². The van der Waals surface area contributed by atoms with Crippen LogP contribution in [0.1, 0.15) is 52.7 Å². The molecule has 0 spiro atoms. The Bertz CT molecular complexity index is 887. The molecule has 0 nitrogen and oxygen atoms in total. The number of benzene rings is 3. The lowest BCUT2D eigenvalue weighted by Crippen LogP contribution is -2.17. The van der Waals surface area contributed by atoms with Crippen LogP contribution in [0, 0.1) is 6.07 Å². The molecule has 0 aliphatic heterocycles. The van der Waals surface area contributed by atoms with Crippen LogP contribution in [0.15, 0.2) is 66.7 Å². The van der Waals surface area contributed by atoms with E-state index in [-0.39, 0.29) is 10.8 Å². The van der Waals surface area contributed by atoms with Crippen molar-refractivity contribution in [3.8, 4) is 22.3 Å². The molecule has 0 saturated heterocycles. The molecule has 0 amide bonds. The Morgan fingerprint density at radius 3 is 1.85 bits per heavy atom. The summed E-state index contributed by atoms with van der Waals surface area (Å²) in [7, 11) is 0. The molecule has 0 N–H and O–H groups in total. The van der Waals surface area contributed by atoms with E-state index in [1.165, 1.54) is 27.8 Å². The van der Waals surface area contributed by atoms with E-state index in [0.717, 1.165) is 5.56 Å². The number of hydrogen-bond acceptors (Lipinski definition) is 0. The van der Waals surface area contributed by atoms with E-state index < -0.39 is 0 Å². The monoisotopic (exact) mass is 341 g/mol. The van der Waals surface area contributed by atoms with Gasteiger partial charge in [-0.25, -0.2) is 0 Å². The minimum Gasteiger partial charge on any atom is -0.0616 e. The predicted molar refractivity (Wildman–Crippen MR) is 114 cm³/mol. The van der Waals surface area contributed by atoms with Crippen molar-refractivity contribution in [2.75, 3.05) is 0 Å². The summed E-state index contributed by atoms with van der Waals surface area (Å²) < 4.78 is 0. The third-order valence-electron chi connectivity index (χ3n) is 4.91. The topological polar surface area (TPSA) is 0 Å². The van der Waals surface area contributed by atoms with Gasteiger partial charge < -0.3 is 0 Å². The van der Waals surface area contributed by atoms with Gasteiger partial charge in [0.25, 0.3) is 0 Å². The second kappa shape index (κ2) is 6.76. The normalized spacial score (nSPS) is 12.2. The highest BCUT2D eigenvalue weighted by Gasteiger charge is 2.23. The minimum absolute atomic E-state index is 0.0735. The molecule has 26 heavy (non-hydrogen) atoms. The van der Waals surface area contributed by atoms with Crippen LogP contribution in [0.4, 0.5) is 0 Å². The highest BCUT2D eigenvalue weighted by Crippen LogP contribution is 2.40. The second-order valence-electron chi connectivity index (χ2n) is 9.08. The molecular weight excluding hydrogens is 312 g/mol. The van der Waals surface area contributed by atoms with Crippen molar-refractivity contribution in [1.29, 1.82) is 0 Å². The van der Waals surface area contributed by atoms with Crippen LogP contribution in [0.25, 0.3) is 22.3 Å². The molecular formula is C26H29. The molecule has 0 heterocycles. The van der Waals surface area contributed by atoms with Gasteiger partial charge in [0.1, 0.15) is 0 Å². The van der Waals surface area contributed by atoms with E-state index in [2.05, 4.69) is 102 Å². The van der Waals surface area contributed by atoms with Crippen molar-refractivity contribution in [3.63, 3.8) is 0 Å². The van der Waals surface area contributed by atoms with Crippen LogP contribution in [-0.4, -0.2) is 0 Å². The summed E-state index contributed by atoms with van der Waals surface area (Å²) in [6.07, 6.45) is 0. The first kappa shape index (κ1) is 18.5. The molecule has 0 bridgehead atoms. The zero-order chi connectivity index (χ0) is 18.9. The van der Waals surface area contributed by atoms with Crippen molar-refractivity contribution in [3.05, 3.63) is 83.9 Å². The Hall–Kier alpha value is -2.34. The van der Waals surface area contributed by atoms with Gasteiger partial charge in [0, 0.05) is 0 Å². The minimum atomic E-state index is 0.0735. The van der Waals surface area contributed by atoms with Crippen molar-refractivity contribution in [1.82, 2.24) is 0 Å². The standard InChI is InChI=1S/C26H29/c1-25(2,3)20-16-17-23(24(18-20)26(4,5)6)22-15-11-10-14-21(22)19-12-8-7-9-13-19/h7-12,14-18H,1-6H3. The zero-order valence-electron chi connectivity index (χ0n) is 16.9. The summed E-state index contributed by atoms with van der Waals surface area (Å²) in [6, 6.07) is 27.3. The molecule has 0 heteroatoms. The smallest absolute Gasteiger partial charge is 0.00990 e. The molecule has 0 aromatic heterocycles. The quantitative estimate of drug-likeness (QED) is 0.455. The highest BCUT2D eigenvalue weighted by atomic mass is 14.3. The molecule has 0 aliphatic carbocycles. The van der Waals surface area contributed by atoms with Gasteiger partial charge in [-0.05, 0) is 50.3 Å². The van der Waals surface area contributed by atoms with Crippen molar-refractivity contribution < 1.29 is 0 Å². The van der Waals surface area contributed by atoms with Gasteiger partial charge in [0.15, 0.2) is 0 Å². The highest BCUT2D eigenvalue weighted by molar-refractivity contribution is 5.85. The lowest BCUT2D eigenvalue weighted by atomic mass is 9.76. The van der Waals surface area contributed by atoms with E-state index in [9.17, 15) is 0 Å². The first-order valence-corrected chi connectivity index (χ1v) is 9.39. The van der Waals surface area contributed by atoms with Gasteiger partial charge in [0.2, 0.25) is 0 Å². The molecule has 0 fully saturated rings. The molecule has 0 saturated carbocycles. The summed E-state index contributed by atoms with van der Waals surface area (Å²) in [5.41, 5.74) is 7.97. The average molecular weight is 342 g/mol. The molecule has 0 aliphatic rings. The number of rotatable bonds is 2. The van der Waals surface area contributed by atoms with Crippen LogP contribution >= 0.6 is 0 Å². The first-order valence-electron chi connectivity index (χ1n) is 9.39. The summed E-state index contributed by atoms with van der Waals surface area (Å²) in [5, 5.41) is 0. The van der Waals surface area contributed by atoms with Crippen molar-refractivity contribution in [2.45, 2.75) is 52.4 Å². The summed E-state index contributed by atoms with van der Waals surface area (Å²) in [6.45, 7) is 13.7. The van der Waals surface area contributed by atoms with E-state index >= 15 is 0 Å². The average Bonchev–Trinajstić information content (AvgIpc) is 2.60. The van der Waals surface area contributed by atoms with E-state index in [1.807, 2.05) is 12.1 Å². The fourth-order valence-electron chi connectivity index (χ4n) is 3.38. The summed E-state index contributed by atoms with van der Waals surface area (Å²) in [4.78, 5) is 0. The van der Waals surface area contributed by atoms with Crippen LogP contribution in [-0.2, 0) is 10.8 Å². The molecule has 0 atom stereocenters. The Morgan fingerprint density at radius 2 is 1.27 bits per heavy atom. The maximum absolute atomic E-state index is 3.39. The third-order valence-corrected chi connectivity index (χ3v) is 4.91. The molecule has 1 radical (unpaired) electrons. The fraction of sp³-hybridized carbons (Fsp3) is 0.308. The maximum Gasteiger partial charge on any atom is -0.00990 e. The predicted octanol–water partition coefficient (Wildman–Crippen LogP) is 7.42. The summed E-state index contributed by atoms with van der Waals surface area (Å²) >= 11 is 0. The lowest BCUT2D eigenvalue weighted by molar-refractivity contribution is 0.570. The van der Waals surface area contributed by atoms with Gasteiger partial charge in [-0.15, -0.1) is 0 Å². The Morgan fingerprint density at radius 1 is 0.615 bits per heavy atom. The molecule has 3 rings (SSSR count). The van der Waals surface area contributed by atoms with Gasteiger partial charge in [-0.2, -0.15) is 0 Å². The Kier molecular flexibility index (Phi) is 4.80. The Labute approximate surface area is 158 Å². The maximum atomic E-state index is 3.39. The first-order chi connectivity index (χ1) is 12.2. The van der Waals surface area contributed by atoms with E-state index in [4.69, 9.17) is 0 Å². The SMILES string of the molecule is CC(C)(C)c1ccc(-c2ccccc2-c2[c]cccc2)c(C(C)(C)C)c1. The third kappa shape index (κ3) is 3.75. The molecule has 0 unspecified atom stereocenters. The van der Waals surface area contributed by atoms with Gasteiger partial charge in [-0.3, -0.25) is 0 Å². The fourth-order valence-corrected chi connectivity index (χ4v) is 3.38. The van der Waals surface area contributed by atoms with Gasteiger partial charge >= 0.3 is 0 Å². The van der Waals surface area contributed by atoms with E-state index in [1.54, 1.807) is 0 Å². The lowest BCUT2D eigenvalue weighted by Gasteiger charge is -2.28. The Balaban J connectivity index is 2.26. The van der Waals surface area contributed by atoms with Gasteiger partial charge in [0.05, 0.1) is 0 Å². The van der Waals surface area contributed by atoms with Crippen LogP contribution in [0.5, 0.6) is 0 Å². The zero-order valence-corrected chi connectivity index (χ0v) is 16.9. The van der Waals surface area contributed by atoms with Crippen LogP contribution < -0.4 is 0 Å². The largest absolute Gasteiger partial charge is 0.0616 e. The number of hydrogen-bond donors (Lipinski definition) is 0. The van der Waals surface area contributed by atoms with Crippen molar-refractivity contribution in [2.24, 2.45) is 0 Å². The molecule has 3 aromatic rings. The second-order valence-corrected chi connectivity index (χ2v) is 9.08. The molecule has 3 aromatic carbocycles. The van der Waals surface area contributed by atoms with E-state index in [0.29, 0.717) is 0 Å². The van der Waals surface area contributed by atoms with Crippen molar-refractivity contribution >= 4 is 0 Å². The van der Waals surface area contributed by atoms with Crippen LogP contribution in [0.3, 0.4) is 0 Å². The van der Waals surface area contributed by atoms with Crippen LogP contribution in [0.2, 0.25) is 0 Å². The summed E-state index contributed by atoms with van der Waals surface area (Å²) in [5.74, 6) is 0.